The van der Waals surface area contributed by atoms with Crippen molar-refractivity contribution in [1.82, 2.24) is 14.5 Å². The van der Waals surface area contributed by atoms with Gasteiger partial charge in [-0.1, -0.05) is 23.2 Å². The third-order valence-corrected chi connectivity index (χ3v) is 6.86. The van der Waals surface area contributed by atoms with Gasteiger partial charge in [-0.15, -0.1) is 0 Å². The highest BCUT2D eigenvalue weighted by Crippen LogP contribution is 2.37. The Balaban J connectivity index is 1.71. The molecule has 2 aromatic rings. The summed E-state index contributed by atoms with van der Waals surface area (Å²) in [6.45, 7) is -0.343. The third kappa shape index (κ3) is 4.58. The van der Waals surface area contributed by atoms with Gasteiger partial charge in [0.15, 0.2) is 0 Å². The second-order valence-electron chi connectivity index (χ2n) is 6.67. The van der Waals surface area contributed by atoms with Crippen LogP contribution in [-0.4, -0.2) is 35.8 Å². The summed E-state index contributed by atoms with van der Waals surface area (Å²) < 4.78 is 68.2. The number of carboxylic acid groups (broad SMARTS) is 1. The highest BCUT2D eigenvalue weighted by atomic mass is 35.5. The van der Waals surface area contributed by atoms with Crippen molar-refractivity contribution in [3.63, 3.8) is 0 Å². The highest BCUT2D eigenvalue weighted by molar-refractivity contribution is 7.89. The molecule has 0 radical (unpaired) electrons. The number of carboxylic acids is 1. The second kappa shape index (κ2) is 8.37. The zero-order valence-corrected chi connectivity index (χ0v) is 17.6. The number of nitrogens with one attached hydrogen (secondary N) is 1. The molecule has 13 heteroatoms. The molecule has 0 fully saturated rings. The van der Waals surface area contributed by atoms with Gasteiger partial charge in [-0.05, 0) is 37.8 Å². The molecule has 2 N–H and O–H groups in total. The molecule has 1 aromatic carbocycles. The molecule has 1 heterocycles. The van der Waals surface area contributed by atoms with Crippen molar-refractivity contribution in [3.05, 3.63) is 44.7 Å². The zero-order valence-electron chi connectivity index (χ0n) is 15.3. The van der Waals surface area contributed by atoms with E-state index in [-0.39, 0.29) is 35.1 Å². The fourth-order valence-corrected chi connectivity index (χ4v) is 5.26. The molecule has 164 valence electrons. The first-order valence-corrected chi connectivity index (χ1v) is 11.0. The average Bonchev–Trinajstić information content (AvgIpc) is 3.17. The van der Waals surface area contributed by atoms with Gasteiger partial charge in [-0.2, -0.15) is 18.3 Å². The van der Waals surface area contributed by atoms with Crippen LogP contribution in [0.15, 0.2) is 17.0 Å². The summed E-state index contributed by atoms with van der Waals surface area (Å²) in [5.74, 6) is -1.43. The van der Waals surface area contributed by atoms with Crippen LogP contribution in [0.1, 0.15) is 40.2 Å². The van der Waals surface area contributed by atoms with Gasteiger partial charge in [0.1, 0.15) is 10.6 Å². The van der Waals surface area contributed by atoms with Gasteiger partial charge < -0.3 is 5.11 Å². The van der Waals surface area contributed by atoms with Crippen LogP contribution in [0, 0.1) is 0 Å². The molecule has 0 spiro atoms. The zero-order chi connectivity index (χ0) is 22.3. The lowest BCUT2D eigenvalue weighted by molar-refractivity contribution is -0.144. The number of carbonyl (C=O) groups is 1. The average molecular weight is 486 g/mol. The SMILES string of the molecule is O=C(O)c1cc(S(=O)(=O)NCCCn2nc3c(c2C(F)(F)F)CCC3)c(Cl)cc1Cl. The molecule has 7 nitrogen and oxygen atoms in total. The molecule has 1 aliphatic carbocycles. The Morgan fingerprint density at radius 2 is 1.93 bits per heavy atom. The predicted molar refractivity (Wildman–Crippen MR) is 102 cm³/mol. The third-order valence-electron chi connectivity index (χ3n) is 4.62. The van der Waals surface area contributed by atoms with E-state index in [4.69, 9.17) is 28.3 Å². The number of hydrogen-bond acceptors (Lipinski definition) is 4. The second-order valence-corrected chi connectivity index (χ2v) is 9.22. The lowest BCUT2D eigenvalue weighted by Gasteiger charge is -2.13. The molecule has 0 amide bonds. The number of aromatic nitrogens is 2. The van der Waals surface area contributed by atoms with E-state index in [1.54, 1.807) is 0 Å². The van der Waals surface area contributed by atoms with Crippen molar-refractivity contribution >= 4 is 39.2 Å². The van der Waals surface area contributed by atoms with Crippen LogP contribution in [0.2, 0.25) is 10.0 Å². The van der Waals surface area contributed by atoms with Crippen molar-refractivity contribution in [2.75, 3.05) is 6.54 Å². The van der Waals surface area contributed by atoms with Gasteiger partial charge in [0.2, 0.25) is 10.0 Å². The number of fused-ring (bicyclic) bond motifs is 1. The Morgan fingerprint density at radius 3 is 2.57 bits per heavy atom. The van der Waals surface area contributed by atoms with Crippen LogP contribution in [0.3, 0.4) is 0 Å². The van der Waals surface area contributed by atoms with Crippen molar-refractivity contribution in [2.24, 2.45) is 0 Å². The number of halogens is 5. The minimum atomic E-state index is -4.55. The summed E-state index contributed by atoms with van der Waals surface area (Å²) in [4.78, 5) is 10.7. The summed E-state index contributed by atoms with van der Waals surface area (Å²) in [5, 5.41) is 12.6. The van der Waals surface area contributed by atoms with E-state index < -0.39 is 38.3 Å². The van der Waals surface area contributed by atoms with E-state index in [0.29, 0.717) is 25.0 Å². The number of alkyl halides is 3. The Hall–Kier alpha value is -1.82. The maximum Gasteiger partial charge on any atom is 0.433 e. The van der Waals surface area contributed by atoms with E-state index in [9.17, 15) is 26.4 Å². The maximum absolute atomic E-state index is 13.4. The molecule has 30 heavy (non-hydrogen) atoms. The first-order valence-electron chi connectivity index (χ1n) is 8.79. The molecule has 1 aromatic heterocycles. The smallest absolute Gasteiger partial charge is 0.433 e. The first kappa shape index (κ1) is 22.9. The van der Waals surface area contributed by atoms with Gasteiger partial charge in [0.25, 0.3) is 0 Å². The Kier molecular flexibility index (Phi) is 6.38. The molecule has 0 saturated heterocycles. The quantitative estimate of drug-likeness (QED) is 0.581. The van der Waals surface area contributed by atoms with Crippen molar-refractivity contribution in [3.8, 4) is 0 Å². The van der Waals surface area contributed by atoms with Crippen LogP contribution >= 0.6 is 23.2 Å². The van der Waals surface area contributed by atoms with E-state index in [1.807, 2.05) is 0 Å². The number of sulfonamides is 1. The van der Waals surface area contributed by atoms with E-state index in [1.165, 1.54) is 0 Å². The Morgan fingerprint density at radius 1 is 1.23 bits per heavy atom. The molecule has 0 atom stereocenters. The van der Waals surface area contributed by atoms with Gasteiger partial charge >= 0.3 is 12.1 Å². The molecular formula is C17H16Cl2F3N3O4S. The van der Waals surface area contributed by atoms with Gasteiger partial charge in [0, 0.05) is 18.7 Å². The molecule has 0 unspecified atom stereocenters. The van der Waals surface area contributed by atoms with Crippen molar-refractivity contribution < 1.29 is 31.5 Å². The number of aromatic carboxylic acids is 1. The number of aryl methyl sites for hydroxylation is 2. The fraction of sp³-hybridized carbons (Fsp3) is 0.412. The van der Waals surface area contributed by atoms with Crippen LogP contribution in [-0.2, 0) is 35.6 Å². The number of rotatable bonds is 7. The lowest BCUT2D eigenvalue weighted by Crippen LogP contribution is -2.27. The molecule has 0 bridgehead atoms. The summed E-state index contributed by atoms with van der Waals surface area (Å²) in [5.41, 5.74) is -0.596. The normalized spacial score (nSPS) is 14.2. The van der Waals surface area contributed by atoms with Crippen molar-refractivity contribution in [2.45, 2.75) is 43.3 Å². The molecule has 3 rings (SSSR count). The largest absolute Gasteiger partial charge is 0.478 e. The number of hydrogen-bond donors (Lipinski definition) is 2. The topological polar surface area (TPSA) is 101 Å². The minimum absolute atomic E-state index is 0.0276. The van der Waals surface area contributed by atoms with Crippen LogP contribution in [0.5, 0.6) is 0 Å². The number of nitrogens with zero attached hydrogens (tertiary/aromatic N) is 2. The number of benzene rings is 1. The molecule has 0 aliphatic heterocycles. The van der Waals surface area contributed by atoms with Crippen molar-refractivity contribution in [1.29, 1.82) is 0 Å². The highest BCUT2D eigenvalue weighted by Gasteiger charge is 2.40. The molecule has 0 saturated carbocycles. The predicted octanol–water partition coefficient (Wildman–Crippen LogP) is 3.76. The summed E-state index contributed by atoms with van der Waals surface area (Å²) in [6, 6.07) is 1.83. The van der Waals surface area contributed by atoms with Crippen LogP contribution in [0.4, 0.5) is 13.2 Å². The van der Waals surface area contributed by atoms with Crippen LogP contribution in [0.25, 0.3) is 0 Å². The molecule has 1 aliphatic rings. The first-order chi connectivity index (χ1) is 13.9. The van der Waals surface area contributed by atoms with Gasteiger partial charge in [-0.3, -0.25) is 4.68 Å². The summed E-state index contributed by atoms with van der Waals surface area (Å²) in [6.07, 6.45) is -3.09. The van der Waals surface area contributed by atoms with Gasteiger partial charge in [0.05, 0.1) is 21.3 Å². The monoisotopic (exact) mass is 485 g/mol. The molecular weight excluding hydrogens is 470 g/mol. The Bertz CT molecular complexity index is 1100. The summed E-state index contributed by atoms with van der Waals surface area (Å²) >= 11 is 11.6. The standard InChI is InChI=1S/C17H16Cl2F3N3O4S/c18-11-8-12(19)14(7-10(11)16(26)27)30(28,29)23-5-2-6-25-15(17(20,21)22)9-3-1-4-13(9)24-25/h7-8,23H,1-6H2,(H,26,27). The summed E-state index contributed by atoms with van der Waals surface area (Å²) in [7, 11) is -4.21. The van der Waals surface area contributed by atoms with E-state index in [0.717, 1.165) is 16.8 Å². The van der Waals surface area contributed by atoms with Gasteiger partial charge in [-0.25, -0.2) is 17.9 Å². The maximum atomic E-state index is 13.4. The fourth-order valence-electron chi connectivity index (χ4n) is 3.34. The van der Waals surface area contributed by atoms with Crippen LogP contribution < -0.4 is 4.72 Å². The van der Waals surface area contributed by atoms with E-state index in [2.05, 4.69) is 9.82 Å². The van der Waals surface area contributed by atoms with E-state index >= 15 is 0 Å². The Labute approximate surface area is 179 Å². The lowest BCUT2D eigenvalue weighted by atomic mass is 10.2. The minimum Gasteiger partial charge on any atom is -0.478 e.